The number of hydrogen-bond donors (Lipinski definition) is 1. The molecule has 1 N–H and O–H groups in total. The minimum absolute atomic E-state index is 0.00665. The minimum Gasteiger partial charge on any atom is -0.352 e. The number of thioether (sulfide) groups is 1. The molecule has 1 fully saturated rings. The van der Waals surface area contributed by atoms with Gasteiger partial charge in [-0.15, -0.1) is 11.8 Å². The SMILES string of the molecule is CCC(C)NC(=O)C1CSCN1C(=O)c1ccc([N+](=O)[O-])cc1Cl. The number of rotatable bonds is 5. The maximum atomic E-state index is 12.7. The fraction of sp³-hybridized carbons (Fsp3) is 0.467. The number of nitro benzene ring substituents is 1. The van der Waals surface area contributed by atoms with Crippen molar-refractivity contribution in [2.24, 2.45) is 0 Å². The number of nitrogens with one attached hydrogen (secondary N) is 1. The number of non-ortho nitro benzene ring substituents is 1. The molecule has 7 nitrogen and oxygen atoms in total. The van der Waals surface area contributed by atoms with E-state index in [2.05, 4.69) is 5.32 Å². The number of amides is 2. The summed E-state index contributed by atoms with van der Waals surface area (Å²) in [7, 11) is 0. The number of hydrogen-bond acceptors (Lipinski definition) is 5. The molecule has 9 heteroatoms. The maximum absolute atomic E-state index is 12.7. The van der Waals surface area contributed by atoms with Crippen molar-refractivity contribution in [1.82, 2.24) is 10.2 Å². The molecule has 0 radical (unpaired) electrons. The van der Waals surface area contributed by atoms with E-state index in [4.69, 9.17) is 11.6 Å². The fourth-order valence-corrected chi connectivity index (χ4v) is 3.66. The zero-order chi connectivity index (χ0) is 17.9. The first-order chi connectivity index (χ1) is 11.3. The Balaban J connectivity index is 2.19. The van der Waals surface area contributed by atoms with Gasteiger partial charge in [-0.1, -0.05) is 18.5 Å². The van der Waals surface area contributed by atoms with Gasteiger partial charge in [-0.2, -0.15) is 0 Å². The zero-order valence-electron chi connectivity index (χ0n) is 13.3. The molecular weight excluding hydrogens is 354 g/mol. The highest BCUT2D eigenvalue weighted by Gasteiger charge is 2.36. The second-order valence-corrected chi connectivity index (χ2v) is 6.94. The molecule has 0 aliphatic carbocycles. The van der Waals surface area contributed by atoms with Crippen LogP contribution in [-0.4, -0.2) is 45.4 Å². The van der Waals surface area contributed by atoms with Gasteiger partial charge in [-0.3, -0.25) is 19.7 Å². The van der Waals surface area contributed by atoms with Crippen LogP contribution in [0.25, 0.3) is 0 Å². The lowest BCUT2D eigenvalue weighted by molar-refractivity contribution is -0.384. The van der Waals surface area contributed by atoms with E-state index in [1.165, 1.54) is 28.8 Å². The van der Waals surface area contributed by atoms with Crippen molar-refractivity contribution in [3.63, 3.8) is 0 Å². The molecule has 1 aromatic carbocycles. The summed E-state index contributed by atoms with van der Waals surface area (Å²) in [5.41, 5.74) is -0.0236. The fourth-order valence-electron chi connectivity index (χ4n) is 2.25. The Bertz CT molecular complexity index is 670. The van der Waals surface area contributed by atoms with Gasteiger partial charge < -0.3 is 10.2 Å². The lowest BCUT2D eigenvalue weighted by Crippen LogP contribution is -2.49. The predicted molar refractivity (Wildman–Crippen MR) is 93.3 cm³/mol. The van der Waals surface area contributed by atoms with Gasteiger partial charge in [-0.05, 0) is 19.4 Å². The Labute approximate surface area is 148 Å². The monoisotopic (exact) mass is 371 g/mol. The molecule has 130 valence electrons. The van der Waals surface area contributed by atoms with Gasteiger partial charge in [0.25, 0.3) is 11.6 Å². The summed E-state index contributed by atoms with van der Waals surface area (Å²) in [6, 6.07) is 3.17. The summed E-state index contributed by atoms with van der Waals surface area (Å²) < 4.78 is 0. The number of halogens is 1. The summed E-state index contributed by atoms with van der Waals surface area (Å²) in [4.78, 5) is 36.7. The van der Waals surface area contributed by atoms with Crippen LogP contribution in [0.2, 0.25) is 5.02 Å². The maximum Gasteiger partial charge on any atom is 0.270 e. The normalized spacial score (nSPS) is 18.3. The average Bonchev–Trinajstić information content (AvgIpc) is 3.03. The highest BCUT2D eigenvalue weighted by Crippen LogP contribution is 2.28. The zero-order valence-corrected chi connectivity index (χ0v) is 14.9. The van der Waals surface area contributed by atoms with Crippen molar-refractivity contribution in [2.45, 2.75) is 32.4 Å². The largest absolute Gasteiger partial charge is 0.352 e. The molecule has 1 saturated heterocycles. The second kappa shape index (κ2) is 7.85. The van der Waals surface area contributed by atoms with Crippen LogP contribution in [0.15, 0.2) is 18.2 Å². The third kappa shape index (κ3) is 3.99. The Morgan fingerprint density at radius 2 is 2.25 bits per heavy atom. The smallest absolute Gasteiger partial charge is 0.270 e. The molecule has 2 unspecified atom stereocenters. The lowest BCUT2D eigenvalue weighted by atomic mass is 10.1. The number of nitrogens with zero attached hydrogens (tertiary/aromatic N) is 2. The van der Waals surface area contributed by atoms with E-state index < -0.39 is 16.9 Å². The van der Waals surface area contributed by atoms with Crippen molar-refractivity contribution in [3.05, 3.63) is 38.9 Å². The first kappa shape index (κ1) is 18.5. The quantitative estimate of drug-likeness (QED) is 0.634. The van der Waals surface area contributed by atoms with Crippen LogP contribution in [0.5, 0.6) is 0 Å². The molecule has 24 heavy (non-hydrogen) atoms. The summed E-state index contributed by atoms with van der Waals surface area (Å²) in [5, 5.41) is 13.6. The Morgan fingerprint density at radius 3 is 2.83 bits per heavy atom. The van der Waals surface area contributed by atoms with Gasteiger partial charge in [0, 0.05) is 23.9 Å². The average molecular weight is 372 g/mol. The van der Waals surface area contributed by atoms with E-state index in [1.54, 1.807) is 0 Å². The predicted octanol–water partition coefficient (Wildman–Crippen LogP) is 2.68. The Hall–Kier alpha value is -1.80. The van der Waals surface area contributed by atoms with Crippen molar-refractivity contribution in [2.75, 3.05) is 11.6 Å². The molecule has 0 saturated carbocycles. The molecule has 0 bridgehead atoms. The standard InChI is InChI=1S/C15H18ClN3O4S/c1-3-9(2)17-14(20)13-7-24-8-18(13)15(21)11-5-4-10(19(22)23)6-12(11)16/h4-6,9,13H,3,7-8H2,1-2H3,(H,17,20). The van der Waals surface area contributed by atoms with E-state index >= 15 is 0 Å². The third-order valence-electron chi connectivity index (χ3n) is 3.84. The molecule has 1 aliphatic rings. The van der Waals surface area contributed by atoms with E-state index in [0.717, 1.165) is 12.5 Å². The van der Waals surface area contributed by atoms with Crippen LogP contribution in [0.3, 0.4) is 0 Å². The minimum atomic E-state index is -0.575. The number of nitro groups is 1. The van der Waals surface area contributed by atoms with Crippen LogP contribution < -0.4 is 5.32 Å². The molecule has 1 aromatic rings. The van der Waals surface area contributed by atoms with E-state index in [0.29, 0.717) is 11.6 Å². The van der Waals surface area contributed by atoms with Gasteiger partial charge >= 0.3 is 0 Å². The van der Waals surface area contributed by atoms with Crippen molar-refractivity contribution in [1.29, 1.82) is 0 Å². The highest BCUT2D eigenvalue weighted by atomic mass is 35.5. The van der Waals surface area contributed by atoms with Crippen LogP contribution in [0.4, 0.5) is 5.69 Å². The molecule has 0 aromatic heterocycles. The molecule has 0 spiro atoms. The van der Waals surface area contributed by atoms with E-state index in [9.17, 15) is 19.7 Å². The van der Waals surface area contributed by atoms with Crippen molar-refractivity contribution in [3.8, 4) is 0 Å². The van der Waals surface area contributed by atoms with E-state index in [-0.39, 0.29) is 28.2 Å². The summed E-state index contributed by atoms with van der Waals surface area (Å²) in [6.45, 7) is 3.87. The summed E-state index contributed by atoms with van der Waals surface area (Å²) in [5.74, 6) is 0.300. The van der Waals surface area contributed by atoms with Crippen LogP contribution in [-0.2, 0) is 4.79 Å². The lowest BCUT2D eigenvalue weighted by Gasteiger charge is -2.24. The van der Waals surface area contributed by atoms with Crippen molar-refractivity contribution >= 4 is 40.9 Å². The van der Waals surface area contributed by atoms with Crippen LogP contribution >= 0.6 is 23.4 Å². The molecule has 1 aliphatic heterocycles. The van der Waals surface area contributed by atoms with Gasteiger partial charge in [0.05, 0.1) is 21.4 Å². The molecule has 1 heterocycles. The van der Waals surface area contributed by atoms with Crippen molar-refractivity contribution < 1.29 is 14.5 Å². The molecule has 2 rings (SSSR count). The van der Waals surface area contributed by atoms with Gasteiger partial charge in [0.15, 0.2) is 0 Å². The second-order valence-electron chi connectivity index (χ2n) is 5.53. The third-order valence-corrected chi connectivity index (χ3v) is 5.17. The molecule has 2 atom stereocenters. The summed E-state index contributed by atoms with van der Waals surface area (Å²) >= 11 is 7.50. The molecule has 2 amide bonds. The van der Waals surface area contributed by atoms with Gasteiger partial charge in [0.2, 0.25) is 5.91 Å². The number of benzene rings is 1. The summed E-state index contributed by atoms with van der Waals surface area (Å²) in [6.07, 6.45) is 0.799. The Morgan fingerprint density at radius 1 is 1.54 bits per heavy atom. The topological polar surface area (TPSA) is 92.6 Å². The highest BCUT2D eigenvalue weighted by molar-refractivity contribution is 7.99. The molecular formula is C15H18ClN3O4S. The van der Waals surface area contributed by atoms with Gasteiger partial charge in [0.1, 0.15) is 6.04 Å². The first-order valence-corrected chi connectivity index (χ1v) is 9.01. The number of carbonyl (C=O) groups is 2. The Kier molecular flexibility index (Phi) is 6.06. The first-order valence-electron chi connectivity index (χ1n) is 7.48. The van der Waals surface area contributed by atoms with Gasteiger partial charge in [-0.25, -0.2) is 0 Å². The van der Waals surface area contributed by atoms with E-state index in [1.807, 2.05) is 13.8 Å². The number of carbonyl (C=O) groups excluding carboxylic acids is 2. The van der Waals surface area contributed by atoms with Crippen LogP contribution in [0, 0.1) is 10.1 Å². The van der Waals surface area contributed by atoms with Crippen LogP contribution in [0.1, 0.15) is 30.6 Å².